The molecule has 0 unspecified atom stereocenters. The number of aryl methyl sites for hydroxylation is 1. The van der Waals surface area contributed by atoms with Crippen LogP contribution in [-0.4, -0.2) is 9.78 Å². The van der Waals surface area contributed by atoms with Crippen LogP contribution in [0.4, 0.5) is 0 Å². The van der Waals surface area contributed by atoms with E-state index in [-0.39, 0.29) is 5.56 Å². The highest BCUT2D eigenvalue weighted by Crippen LogP contribution is 2.13. The highest BCUT2D eigenvalue weighted by Gasteiger charge is 2.15. The van der Waals surface area contributed by atoms with Crippen LogP contribution in [0.3, 0.4) is 0 Å². The second-order valence-electron chi connectivity index (χ2n) is 6.08. The van der Waals surface area contributed by atoms with Gasteiger partial charge in [-0.05, 0) is 31.1 Å². The zero-order valence-electron chi connectivity index (χ0n) is 12.5. The number of aromatic amines is 1. The van der Waals surface area contributed by atoms with Crippen LogP contribution in [-0.2, 0) is 19.4 Å². The lowest BCUT2D eigenvalue weighted by atomic mass is 9.99. The van der Waals surface area contributed by atoms with Gasteiger partial charge in [0.1, 0.15) is 0 Å². The van der Waals surface area contributed by atoms with Crippen LogP contribution >= 0.6 is 0 Å². The third kappa shape index (κ3) is 4.04. The van der Waals surface area contributed by atoms with Crippen LogP contribution in [0.15, 0.2) is 4.79 Å². The fourth-order valence-corrected chi connectivity index (χ4v) is 2.24. The van der Waals surface area contributed by atoms with Crippen LogP contribution in [0.5, 0.6) is 0 Å². The molecule has 1 aromatic rings. The molecule has 0 aliphatic carbocycles. The monoisotopic (exact) mass is 252 g/mol. The number of hydrogen-bond acceptors (Lipinski definition) is 1. The van der Waals surface area contributed by atoms with Crippen molar-refractivity contribution >= 4 is 0 Å². The number of nitrogens with zero attached hydrogens (tertiary/aromatic N) is 1. The van der Waals surface area contributed by atoms with Gasteiger partial charge in [0.25, 0.3) is 5.56 Å². The fourth-order valence-electron chi connectivity index (χ4n) is 2.24. The molecule has 1 aromatic heterocycles. The number of H-pyrrole nitrogens is 1. The molecule has 0 radical (unpaired) electrons. The first-order chi connectivity index (χ1) is 8.45. The van der Waals surface area contributed by atoms with Gasteiger partial charge in [0.15, 0.2) is 0 Å². The number of nitrogens with one attached hydrogen (secondary N) is 1. The van der Waals surface area contributed by atoms with E-state index in [1.165, 1.54) is 0 Å². The average Bonchev–Trinajstić information content (AvgIpc) is 2.53. The number of aromatic nitrogens is 2. The van der Waals surface area contributed by atoms with E-state index in [2.05, 4.69) is 39.7 Å². The minimum absolute atomic E-state index is 0.202. The van der Waals surface area contributed by atoms with Crippen molar-refractivity contribution in [3.8, 4) is 0 Å². The molecule has 0 atom stereocenters. The molecule has 3 heteroatoms. The Morgan fingerprint density at radius 2 is 1.72 bits per heavy atom. The van der Waals surface area contributed by atoms with Crippen LogP contribution < -0.4 is 5.56 Å². The van der Waals surface area contributed by atoms with E-state index in [0.29, 0.717) is 11.8 Å². The summed E-state index contributed by atoms with van der Waals surface area (Å²) in [7, 11) is 0. The summed E-state index contributed by atoms with van der Waals surface area (Å²) in [5.41, 5.74) is 2.36. The average molecular weight is 252 g/mol. The molecule has 0 spiro atoms. The maximum absolute atomic E-state index is 12.3. The summed E-state index contributed by atoms with van der Waals surface area (Å²) >= 11 is 0. The summed E-state index contributed by atoms with van der Waals surface area (Å²) < 4.78 is 1.80. The standard InChI is InChI=1S/C15H28N2O/c1-6-7-8-17-15(18)13(9-11(2)3)14(16-17)10-12(4)5/h11-12,16H,6-10H2,1-5H3. The molecule has 0 aliphatic rings. The third-order valence-corrected chi connectivity index (χ3v) is 3.10. The highest BCUT2D eigenvalue weighted by molar-refractivity contribution is 5.18. The summed E-state index contributed by atoms with van der Waals surface area (Å²) in [5, 5.41) is 3.33. The maximum Gasteiger partial charge on any atom is 0.269 e. The van der Waals surface area contributed by atoms with E-state index >= 15 is 0 Å². The Labute approximate surface area is 111 Å². The molecule has 0 aliphatic heterocycles. The highest BCUT2D eigenvalue weighted by atomic mass is 16.1. The van der Waals surface area contributed by atoms with Gasteiger partial charge in [-0.2, -0.15) is 0 Å². The van der Waals surface area contributed by atoms with Crippen molar-refractivity contribution in [3.63, 3.8) is 0 Å². The van der Waals surface area contributed by atoms with Crippen molar-refractivity contribution in [1.29, 1.82) is 0 Å². The topological polar surface area (TPSA) is 37.8 Å². The molecule has 0 saturated carbocycles. The molecule has 3 nitrogen and oxygen atoms in total. The lowest BCUT2D eigenvalue weighted by molar-refractivity contribution is 0.542. The van der Waals surface area contributed by atoms with E-state index in [9.17, 15) is 4.79 Å². The first-order valence-corrected chi connectivity index (χ1v) is 7.26. The van der Waals surface area contributed by atoms with Gasteiger partial charge < -0.3 is 0 Å². The SMILES string of the molecule is CCCCn1[nH]c(CC(C)C)c(CC(C)C)c1=O. The van der Waals surface area contributed by atoms with E-state index in [1.54, 1.807) is 4.68 Å². The van der Waals surface area contributed by atoms with Gasteiger partial charge in [-0.3, -0.25) is 14.6 Å². The van der Waals surface area contributed by atoms with Crippen molar-refractivity contribution in [3.05, 3.63) is 21.6 Å². The molecule has 1 rings (SSSR count). The lowest BCUT2D eigenvalue weighted by Crippen LogP contribution is -2.20. The summed E-state index contributed by atoms with van der Waals surface area (Å²) in [5.74, 6) is 1.10. The van der Waals surface area contributed by atoms with Crippen molar-refractivity contribution in [2.24, 2.45) is 11.8 Å². The number of unbranched alkanes of at least 4 members (excludes halogenated alkanes) is 1. The smallest absolute Gasteiger partial charge is 0.269 e. The second-order valence-corrected chi connectivity index (χ2v) is 6.08. The molecule has 0 aromatic carbocycles. The predicted octanol–water partition coefficient (Wildman–Crippen LogP) is 3.37. The van der Waals surface area contributed by atoms with Gasteiger partial charge in [0, 0.05) is 17.8 Å². The number of hydrogen-bond donors (Lipinski definition) is 1. The van der Waals surface area contributed by atoms with Crippen molar-refractivity contribution in [1.82, 2.24) is 9.78 Å². The van der Waals surface area contributed by atoms with Crippen molar-refractivity contribution in [2.45, 2.75) is 66.8 Å². The second kappa shape index (κ2) is 6.81. The fraction of sp³-hybridized carbons (Fsp3) is 0.800. The summed E-state index contributed by atoms with van der Waals surface area (Å²) in [4.78, 5) is 12.3. The van der Waals surface area contributed by atoms with Gasteiger partial charge in [-0.15, -0.1) is 0 Å². The van der Waals surface area contributed by atoms with Crippen molar-refractivity contribution < 1.29 is 0 Å². The molecular weight excluding hydrogens is 224 g/mol. The first-order valence-electron chi connectivity index (χ1n) is 7.26. The van der Waals surface area contributed by atoms with Crippen molar-refractivity contribution in [2.75, 3.05) is 0 Å². The summed E-state index contributed by atoms with van der Waals surface area (Å²) in [6.07, 6.45) is 4.03. The maximum atomic E-state index is 12.3. The van der Waals surface area contributed by atoms with E-state index in [0.717, 1.165) is 43.5 Å². The van der Waals surface area contributed by atoms with Gasteiger partial charge >= 0.3 is 0 Å². The molecule has 104 valence electrons. The third-order valence-electron chi connectivity index (χ3n) is 3.10. The number of rotatable bonds is 7. The Morgan fingerprint density at radius 1 is 1.11 bits per heavy atom. The Hall–Kier alpha value is -0.990. The van der Waals surface area contributed by atoms with Gasteiger partial charge in [-0.1, -0.05) is 41.0 Å². The molecular formula is C15H28N2O. The minimum Gasteiger partial charge on any atom is -0.299 e. The molecule has 0 fully saturated rings. The largest absolute Gasteiger partial charge is 0.299 e. The van der Waals surface area contributed by atoms with Gasteiger partial charge in [0.2, 0.25) is 0 Å². The van der Waals surface area contributed by atoms with E-state index in [4.69, 9.17) is 0 Å². The predicted molar refractivity (Wildman–Crippen MR) is 77.0 cm³/mol. The van der Waals surface area contributed by atoms with E-state index < -0.39 is 0 Å². The molecule has 0 bridgehead atoms. The van der Waals surface area contributed by atoms with E-state index in [1.807, 2.05) is 0 Å². The normalized spacial score (nSPS) is 11.7. The van der Waals surface area contributed by atoms with Crippen LogP contribution in [0.1, 0.15) is 58.7 Å². The Kier molecular flexibility index (Phi) is 5.70. The Morgan fingerprint density at radius 3 is 2.22 bits per heavy atom. The molecule has 1 N–H and O–H groups in total. The quantitative estimate of drug-likeness (QED) is 0.793. The van der Waals surface area contributed by atoms with Gasteiger partial charge in [0.05, 0.1) is 0 Å². The first kappa shape index (κ1) is 15.1. The summed E-state index contributed by atoms with van der Waals surface area (Å²) in [6.45, 7) is 11.7. The molecule has 1 heterocycles. The Balaban J connectivity index is 3.02. The van der Waals surface area contributed by atoms with Crippen LogP contribution in [0.2, 0.25) is 0 Å². The Bertz CT molecular complexity index is 413. The molecule has 18 heavy (non-hydrogen) atoms. The van der Waals surface area contributed by atoms with Crippen LogP contribution in [0.25, 0.3) is 0 Å². The van der Waals surface area contributed by atoms with Crippen LogP contribution in [0, 0.1) is 11.8 Å². The van der Waals surface area contributed by atoms with Gasteiger partial charge in [-0.25, -0.2) is 0 Å². The minimum atomic E-state index is 0.202. The summed E-state index contributed by atoms with van der Waals surface area (Å²) in [6, 6.07) is 0. The lowest BCUT2D eigenvalue weighted by Gasteiger charge is -2.06. The zero-order chi connectivity index (χ0) is 13.7. The zero-order valence-corrected chi connectivity index (χ0v) is 12.5. The molecule has 0 amide bonds. The molecule has 0 saturated heterocycles.